The monoisotopic (exact) mass is 182 g/mol. The fraction of sp³-hybridized carbons (Fsp3) is 0.625. The lowest BCUT2D eigenvalue weighted by atomic mass is 10.2. The molecule has 0 unspecified atom stereocenters. The third kappa shape index (κ3) is 2.27. The van der Waals surface area contributed by atoms with Crippen molar-refractivity contribution < 1.29 is 0 Å². The zero-order valence-corrected chi connectivity index (χ0v) is 7.73. The van der Waals surface area contributed by atoms with Crippen LogP contribution in [0, 0.1) is 4.91 Å². The van der Waals surface area contributed by atoms with Crippen LogP contribution in [-0.4, -0.2) is 9.78 Å². The van der Waals surface area contributed by atoms with Gasteiger partial charge >= 0.3 is 0 Å². The smallest absolute Gasteiger partial charge is 0.169 e. The molecule has 1 heterocycles. The summed E-state index contributed by atoms with van der Waals surface area (Å²) in [6, 6.07) is 0. The van der Waals surface area contributed by atoms with Crippen LogP contribution in [-0.2, 0) is 6.54 Å². The van der Waals surface area contributed by atoms with Crippen molar-refractivity contribution in [1.82, 2.24) is 9.78 Å². The highest BCUT2D eigenvalue weighted by Gasteiger charge is 2.06. The van der Waals surface area contributed by atoms with Gasteiger partial charge in [-0.05, 0) is 11.6 Å². The Hall–Kier alpha value is -1.39. The molecule has 0 aliphatic carbocycles. The quantitative estimate of drug-likeness (QED) is 0.559. The molecule has 0 aliphatic rings. The number of unbranched alkanes of at least 4 members (excludes halogenated alkanes) is 2. The van der Waals surface area contributed by atoms with Crippen LogP contribution in [0.5, 0.6) is 0 Å². The molecule has 1 aromatic heterocycles. The maximum Gasteiger partial charge on any atom is 0.169 e. The minimum Gasteiger partial charge on any atom is -0.382 e. The van der Waals surface area contributed by atoms with Gasteiger partial charge in [0.2, 0.25) is 0 Å². The van der Waals surface area contributed by atoms with Crippen LogP contribution in [0.15, 0.2) is 11.4 Å². The summed E-state index contributed by atoms with van der Waals surface area (Å²) in [6.07, 6.45) is 4.72. The lowest BCUT2D eigenvalue weighted by Gasteiger charge is -2.01. The molecule has 72 valence electrons. The lowest BCUT2D eigenvalue weighted by molar-refractivity contribution is 0.559. The molecular formula is C8H14N4O. The molecule has 0 aliphatic heterocycles. The van der Waals surface area contributed by atoms with Crippen LogP contribution >= 0.6 is 0 Å². The van der Waals surface area contributed by atoms with Crippen molar-refractivity contribution >= 4 is 11.5 Å². The maximum atomic E-state index is 10.2. The number of rotatable bonds is 5. The number of aromatic nitrogens is 2. The molecule has 5 nitrogen and oxygen atoms in total. The van der Waals surface area contributed by atoms with E-state index in [4.69, 9.17) is 5.73 Å². The number of nitroso groups, excluding NO2 is 1. The van der Waals surface area contributed by atoms with Crippen molar-refractivity contribution in [2.24, 2.45) is 5.18 Å². The Morgan fingerprint density at radius 3 is 2.92 bits per heavy atom. The molecule has 0 bridgehead atoms. The number of nitrogens with zero attached hydrogens (tertiary/aromatic N) is 3. The summed E-state index contributed by atoms with van der Waals surface area (Å²) < 4.78 is 1.62. The predicted molar refractivity (Wildman–Crippen MR) is 51.6 cm³/mol. The first-order valence-corrected chi connectivity index (χ1v) is 4.44. The Bertz CT molecular complexity index is 282. The molecule has 0 fully saturated rings. The first kappa shape index (κ1) is 9.70. The zero-order valence-electron chi connectivity index (χ0n) is 7.73. The van der Waals surface area contributed by atoms with Gasteiger partial charge in [0.05, 0.1) is 6.20 Å². The van der Waals surface area contributed by atoms with Gasteiger partial charge in [0.15, 0.2) is 11.5 Å². The average molecular weight is 182 g/mol. The average Bonchev–Trinajstić information content (AvgIpc) is 2.48. The highest BCUT2D eigenvalue weighted by Crippen LogP contribution is 2.20. The van der Waals surface area contributed by atoms with Crippen LogP contribution in [0.4, 0.5) is 11.5 Å². The molecular weight excluding hydrogens is 168 g/mol. The Morgan fingerprint density at radius 2 is 2.38 bits per heavy atom. The fourth-order valence-corrected chi connectivity index (χ4v) is 1.15. The summed E-state index contributed by atoms with van der Waals surface area (Å²) in [6.45, 7) is 2.89. The van der Waals surface area contributed by atoms with Gasteiger partial charge in [-0.15, -0.1) is 4.91 Å². The molecule has 0 atom stereocenters. The predicted octanol–water partition coefficient (Wildman–Crippen LogP) is 2.05. The summed E-state index contributed by atoms with van der Waals surface area (Å²) in [7, 11) is 0. The van der Waals surface area contributed by atoms with Crippen LogP contribution in [0.3, 0.4) is 0 Å². The second-order valence-corrected chi connectivity index (χ2v) is 2.94. The SMILES string of the molecule is CCCCCn1ncc(N=O)c1N. The number of anilines is 1. The zero-order chi connectivity index (χ0) is 9.68. The third-order valence-corrected chi connectivity index (χ3v) is 1.93. The Labute approximate surface area is 76.9 Å². The second-order valence-electron chi connectivity index (χ2n) is 2.94. The van der Waals surface area contributed by atoms with Gasteiger partial charge in [-0.1, -0.05) is 19.8 Å². The van der Waals surface area contributed by atoms with Crippen LogP contribution in [0.25, 0.3) is 0 Å². The van der Waals surface area contributed by atoms with E-state index >= 15 is 0 Å². The number of hydrogen-bond acceptors (Lipinski definition) is 4. The Balaban J connectivity index is 2.56. The highest BCUT2D eigenvalue weighted by atomic mass is 16.3. The fourth-order valence-electron chi connectivity index (χ4n) is 1.15. The Kier molecular flexibility index (Phi) is 3.42. The van der Waals surface area contributed by atoms with E-state index in [1.54, 1.807) is 4.68 Å². The minimum absolute atomic E-state index is 0.233. The number of nitrogen functional groups attached to an aromatic ring is 1. The lowest BCUT2D eigenvalue weighted by Crippen LogP contribution is -2.04. The van der Waals surface area contributed by atoms with Gasteiger partial charge in [-0.3, -0.25) is 0 Å². The van der Waals surface area contributed by atoms with E-state index < -0.39 is 0 Å². The van der Waals surface area contributed by atoms with E-state index in [-0.39, 0.29) is 5.69 Å². The second kappa shape index (κ2) is 4.59. The van der Waals surface area contributed by atoms with E-state index in [0.29, 0.717) is 5.82 Å². The van der Waals surface area contributed by atoms with Gasteiger partial charge in [0, 0.05) is 6.54 Å². The third-order valence-electron chi connectivity index (χ3n) is 1.93. The van der Waals surface area contributed by atoms with Gasteiger partial charge in [0.25, 0.3) is 0 Å². The number of nitrogens with two attached hydrogens (primary N) is 1. The van der Waals surface area contributed by atoms with E-state index in [1.165, 1.54) is 6.20 Å². The van der Waals surface area contributed by atoms with E-state index in [1.807, 2.05) is 0 Å². The first-order chi connectivity index (χ1) is 6.29. The summed E-state index contributed by atoms with van der Waals surface area (Å²) in [5, 5.41) is 6.72. The minimum atomic E-state index is 0.233. The molecule has 5 heteroatoms. The summed E-state index contributed by atoms with van der Waals surface area (Å²) in [5.41, 5.74) is 5.84. The highest BCUT2D eigenvalue weighted by molar-refractivity contribution is 5.56. The maximum absolute atomic E-state index is 10.2. The van der Waals surface area contributed by atoms with Crippen molar-refractivity contribution in [3.05, 3.63) is 11.1 Å². The summed E-state index contributed by atoms with van der Waals surface area (Å²) in [4.78, 5) is 10.2. The molecule has 0 amide bonds. The largest absolute Gasteiger partial charge is 0.382 e. The summed E-state index contributed by atoms with van der Waals surface area (Å²) in [5.74, 6) is 0.367. The molecule has 1 rings (SSSR count). The van der Waals surface area contributed by atoms with Crippen molar-refractivity contribution in [3.63, 3.8) is 0 Å². The molecule has 2 N–H and O–H groups in total. The molecule has 0 saturated carbocycles. The van der Waals surface area contributed by atoms with Crippen molar-refractivity contribution in [2.75, 3.05) is 5.73 Å². The molecule has 13 heavy (non-hydrogen) atoms. The van der Waals surface area contributed by atoms with Gasteiger partial charge < -0.3 is 5.73 Å². The van der Waals surface area contributed by atoms with E-state index in [0.717, 1.165) is 25.8 Å². The van der Waals surface area contributed by atoms with Gasteiger partial charge in [-0.2, -0.15) is 5.10 Å². The van der Waals surface area contributed by atoms with Crippen molar-refractivity contribution in [1.29, 1.82) is 0 Å². The standard InChI is InChI=1S/C8H14N4O/c1-2-3-4-5-12-8(9)7(11-13)6-10-12/h6H,2-5,9H2,1H3. The number of aryl methyl sites for hydroxylation is 1. The van der Waals surface area contributed by atoms with Crippen LogP contribution < -0.4 is 5.73 Å². The van der Waals surface area contributed by atoms with Crippen LogP contribution in [0.2, 0.25) is 0 Å². The molecule has 0 saturated heterocycles. The molecule has 0 radical (unpaired) electrons. The van der Waals surface area contributed by atoms with E-state index in [2.05, 4.69) is 17.2 Å². The number of hydrogen-bond donors (Lipinski definition) is 1. The van der Waals surface area contributed by atoms with Crippen molar-refractivity contribution in [2.45, 2.75) is 32.7 Å². The van der Waals surface area contributed by atoms with Crippen molar-refractivity contribution in [3.8, 4) is 0 Å². The molecule has 0 spiro atoms. The normalized spacial score (nSPS) is 10.2. The topological polar surface area (TPSA) is 73.3 Å². The van der Waals surface area contributed by atoms with Crippen LogP contribution in [0.1, 0.15) is 26.2 Å². The van der Waals surface area contributed by atoms with Gasteiger partial charge in [0.1, 0.15) is 0 Å². The van der Waals surface area contributed by atoms with E-state index in [9.17, 15) is 4.91 Å². The molecule has 0 aromatic carbocycles. The first-order valence-electron chi connectivity index (χ1n) is 4.44. The summed E-state index contributed by atoms with van der Waals surface area (Å²) >= 11 is 0. The Morgan fingerprint density at radius 1 is 1.62 bits per heavy atom. The van der Waals surface area contributed by atoms with Gasteiger partial charge in [-0.25, -0.2) is 4.68 Å². The molecule has 1 aromatic rings.